The number of fused-ring (bicyclic) bond motifs is 1. The van der Waals surface area contributed by atoms with Crippen LogP contribution in [0.2, 0.25) is 0 Å². The van der Waals surface area contributed by atoms with Crippen LogP contribution in [0, 0.1) is 18.6 Å². The molecular formula is C18H20F2N4O. The number of nitrogens with two attached hydrogens (primary N) is 1. The number of benzene rings is 2. The Morgan fingerprint density at radius 2 is 1.92 bits per heavy atom. The van der Waals surface area contributed by atoms with E-state index >= 15 is 0 Å². The van der Waals surface area contributed by atoms with Crippen molar-refractivity contribution in [3.8, 4) is 0 Å². The molecule has 7 heteroatoms. The Kier molecular flexibility index (Phi) is 5.36. The van der Waals surface area contributed by atoms with Crippen LogP contribution >= 0.6 is 0 Å². The van der Waals surface area contributed by atoms with Crippen LogP contribution in [0.1, 0.15) is 29.8 Å². The Morgan fingerprint density at radius 3 is 2.52 bits per heavy atom. The summed E-state index contributed by atoms with van der Waals surface area (Å²) in [5.74, 6) is -2.13. The first kappa shape index (κ1) is 18.4. The number of carbonyl (C=O) groups is 1. The van der Waals surface area contributed by atoms with Crippen molar-refractivity contribution in [2.24, 2.45) is 12.8 Å². The predicted octanol–water partition coefficient (Wildman–Crippen LogP) is 4.03. The van der Waals surface area contributed by atoms with E-state index in [9.17, 15) is 13.6 Å². The Balaban J connectivity index is 0.00000109. The zero-order valence-corrected chi connectivity index (χ0v) is 14.5. The third-order valence-electron chi connectivity index (χ3n) is 3.61. The van der Waals surface area contributed by atoms with Crippen molar-refractivity contribution >= 4 is 28.3 Å². The van der Waals surface area contributed by atoms with E-state index in [1.54, 1.807) is 24.6 Å². The lowest BCUT2D eigenvalue weighted by Crippen LogP contribution is -2.15. The fourth-order valence-electron chi connectivity index (χ4n) is 2.40. The molecule has 0 aliphatic carbocycles. The molecule has 0 unspecified atom stereocenters. The van der Waals surface area contributed by atoms with Crippen molar-refractivity contribution in [1.29, 1.82) is 0 Å². The summed E-state index contributed by atoms with van der Waals surface area (Å²) in [5.41, 5.74) is 6.35. The summed E-state index contributed by atoms with van der Waals surface area (Å²) in [4.78, 5) is 15.6. The van der Waals surface area contributed by atoms with E-state index in [0.29, 0.717) is 5.52 Å². The van der Waals surface area contributed by atoms with Gasteiger partial charge < -0.3 is 15.6 Å². The van der Waals surface area contributed by atoms with E-state index in [1.807, 2.05) is 13.8 Å². The maximum Gasteiger partial charge on any atom is 0.251 e. The molecule has 2 aromatic carbocycles. The number of nitrogens with one attached hydrogen (secondary N) is 1. The quantitative estimate of drug-likeness (QED) is 0.752. The zero-order valence-electron chi connectivity index (χ0n) is 14.5. The second-order valence-electron chi connectivity index (χ2n) is 5.31. The smallest absolute Gasteiger partial charge is 0.251 e. The SMILES string of the molecule is CC.Cc1ccc(Nc2c(C(N)=O)cc3c(ncn3C)c2F)c(F)c1. The minimum absolute atomic E-state index is 0.0484. The average molecular weight is 346 g/mol. The first-order valence-electron chi connectivity index (χ1n) is 7.85. The molecule has 1 heterocycles. The van der Waals surface area contributed by atoms with Crippen molar-refractivity contribution in [3.63, 3.8) is 0 Å². The van der Waals surface area contributed by atoms with Gasteiger partial charge in [0.15, 0.2) is 5.82 Å². The second kappa shape index (κ2) is 7.29. The number of aromatic nitrogens is 2. The lowest BCUT2D eigenvalue weighted by Gasteiger charge is -2.13. The first-order chi connectivity index (χ1) is 11.9. The van der Waals surface area contributed by atoms with Gasteiger partial charge in [-0.3, -0.25) is 4.79 Å². The van der Waals surface area contributed by atoms with Crippen LogP contribution in [0.3, 0.4) is 0 Å². The van der Waals surface area contributed by atoms with Crippen LogP contribution in [-0.4, -0.2) is 15.5 Å². The van der Waals surface area contributed by atoms with Gasteiger partial charge in [0, 0.05) is 7.05 Å². The Bertz CT molecular complexity index is 934. The molecule has 0 saturated carbocycles. The summed E-state index contributed by atoms with van der Waals surface area (Å²) in [6, 6.07) is 5.88. The molecule has 3 N–H and O–H groups in total. The second-order valence-corrected chi connectivity index (χ2v) is 5.31. The van der Waals surface area contributed by atoms with Crippen LogP contribution in [0.15, 0.2) is 30.6 Å². The number of carbonyl (C=O) groups excluding carboxylic acids is 1. The molecule has 1 amide bonds. The van der Waals surface area contributed by atoms with Gasteiger partial charge >= 0.3 is 0 Å². The molecule has 3 aromatic rings. The number of anilines is 2. The van der Waals surface area contributed by atoms with Gasteiger partial charge in [-0.25, -0.2) is 13.8 Å². The molecule has 0 fully saturated rings. The highest BCUT2D eigenvalue weighted by Crippen LogP contribution is 2.31. The third-order valence-corrected chi connectivity index (χ3v) is 3.61. The molecule has 25 heavy (non-hydrogen) atoms. The predicted molar refractivity (Wildman–Crippen MR) is 95.0 cm³/mol. The monoisotopic (exact) mass is 346 g/mol. The lowest BCUT2D eigenvalue weighted by molar-refractivity contribution is 0.100. The maximum absolute atomic E-state index is 14.7. The fraction of sp³-hybridized carbons (Fsp3) is 0.222. The number of halogens is 2. The van der Waals surface area contributed by atoms with Crippen molar-refractivity contribution < 1.29 is 13.6 Å². The fourth-order valence-corrected chi connectivity index (χ4v) is 2.40. The molecule has 5 nitrogen and oxygen atoms in total. The van der Waals surface area contributed by atoms with Gasteiger partial charge in [0.25, 0.3) is 5.91 Å². The number of nitrogens with zero attached hydrogens (tertiary/aromatic N) is 2. The van der Waals surface area contributed by atoms with Crippen molar-refractivity contribution in [3.05, 3.63) is 53.4 Å². The van der Waals surface area contributed by atoms with E-state index in [4.69, 9.17) is 5.73 Å². The van der Waals surface area contributed by atoms with E-state index < -0.39 is 17.5 Å². The number of rotatable bonds is 3. The number of hydrogen-bond acceptors (Lipinski definition) is 3. The highest BCUT2D eigenvalue weighted by molar-refractivity contribution is 6.03. The van der Waals surface area contributed by atoms with Gasteiger partial charge in [-0.1, -0.05) is 19.9 Å². The lowest BCUT2D eigenvalue weighted by atomic mass is 10.1. The van der Waals surface area contributed by atoms with Crippen molar-refractivity contribution in [2.75, 3.05) is 5.32 Å². The summed E-state index contributed by atoms with van der Waals surface area (Å²) < 4.78 is 30.3. The standard InChI is InChI=1S/C16H14F2N4O.C2H6/c1-8-3-4-11(10(17)5-8)21-14-9(16(19)23)6-12-15(13(14)18)20-7-22(12)2;1-2/h3-7,21H,1-2H3,(H2,19,23);1-2H3. The Hall–Kier alpha value is -2.96. The number of imidazole rings is 1. The summed E-state index contributed by atoms with van der Waals surface area (Å²) in [6.07, 6.45) is 1.43. The van der Waals surface area contributed by atoms with Crippen molar-refractivity contribution in [2.45, 2.75) is 20.8 Å². The number of aryl methyl sites for hydroxylation is 2. The molecule has 3 rings (SSSR count). The third kappa shape index (κ3) is 3.45. The zero-order chi connectivity index (χ0) is 18.7. The molecule has 0 atom stereocenters. The van der Waals surface area contributed by atoms with Gasteiger partial charge in [0.2, 0.25) is 0 Å². The normalized spacial score (nSPS) is 10.3. The van der Waals surface area contributed by atoms with Gasteiger partial charge in [0.1, 0.15) is 11.3 Å². The minimum atomic E-state index is -0.818. The topological polar surface area (TPSA) is 72.9 Å². The summed E-state index contributed by atoms with van der Waals surface area (Å²) in [5, 5.41) is 2.62. The van der Waals surface area contributed by atoms with Gasteiger partial charge in [0.05, 0.1) is 28.8 Å². The van der Waals surface area contributed by atoms with E-state index in [1.165, 1.54) is 24.5 Å². The van der Waals surface area contributed by atoms with Gasteiger partial charge in [-0.2, -0.15) is 0 Å². The van der Waals surface area contributed by atoms with Gasteiger partial charge in [-0.15, -0.1) is 0 Å². The average Bonchev–Trinajstić information content (AvgIpc) is 2.95. The largest absolute Gasteiger partial charge is 0.366 e. The van der Waals surface area contributed by atoms with Crippen LogP contribution in [0.25, 0.3) is 11.0 Å². The molecule has 0 bridgehead atoms. The molecule has 0 aliphatic heterocycles. The molecule has 0 spiro atoms. The molecule has 132 valence electrons. The van der Waals surface area contributed by atoms with Crippen LogP contribution in [0.4, 0.5) is 20.2 Å². The highest BCUT2D eigenvalue weighted by Gasteiger charge is 2.20. The maximum atomic E-state index is 14.7. The number of amides is 1. The van der Waals surface area contributed by atoms with Crippen LogP contribution < -0.4 is 11.1 Å². The van der Waals surface area contributed by atoms with Crippen LogP contribution in [-0.2, 0) is 7.05 Å². The van der Waals surface area contributed by atoms with Crippen LogP contribution in [0.5, 0.6) is 0 Å². The summed E-state index contributed by atoms with van der Waals surface area (Å²) in [7, 11) is 1.67. The first-order valence-corrected chi connectivity index (χ1v) is 7.85. The molecular weight excluding hydrogens is 326 g/mol. The van der Waals surface area contributed by atoms with E-state index in [-0.39, 0.29) is 22.5 Å². The summed E-state index contributed by atoms with van der Waals surface area (Å²) >= 11 is 0. The molecule has 0 saturated heterocycles. The van der Waals surface area contributed by atoms with E-state index in [2.05, 4.69) is 10.3 Å². The molecule has 1 aromatic heterocycles. The minimum Gasteiger partial charge on any atom is -0.366 e. The van der Waals surface area contributed by atoms with Crippen molar-refractivity contribution in [1.82, 2.24) is 9.55 Å². The number of hydrogen-bond donors (Lipinski definition) is 2. The van der Waals surface area contributed by atoms with Gasteiger partial charge in [-0.05, 0) is 30.7 Å². The van der Waals surface area contributed by atoms with E-state index in [0.717, 1.165) is 5.56 Å². The molecule has 0 radical (unpaired) electrons. The Labute approximate surface area is 144 Å². The summed E-state index contributed by atoms with van der Waals surface area (Å²) in [6.45, 7) is 5.74. The number of primary amides is 1. The Morgan fingerprint density at radius 1 is 1.24 bits per heavy atom. The molecule has 0 aliphatic rings. The highest BCUT2D eigenvalue weighted by atomic mass is 19.1.